The average Bonchev–Trinajstić information content (AvgIpc) is 3.34. The third-order valence-electron chi connectivity index (χ3n) is 6.76. The summed E-state index contributed by atoms with van der Waals surface area (Å²) in [6.07, 6.45) is 6.22. The van der Waals surface area contributed by atoms with Crippen molar-refractivity contribution in [2.75, 3.05) is 0 Å². The number of carbonyl (C=O) groups excluding carboxylic acids is 1. The van der Waals surface area contributed by atoms with Crippen LogP contribution < -0.4 is 0 Å². The van der Waals surface area contributed by atoms with Crippen molar-refractivity contribution in [1.82, 2.24) is 24.2 Å². The second kappa shape index (κ2) is 7.93. The first-order valence-corrected chi connectivity index (χ1v) is 11.4. The van der Waals surface area contributed by atoms with Crippen molar-refractivity contribution in [2.45, 2.75) is 45.2 Å². The number of carbonyl (C=O) groups is 1. The van der Waals surface area contributed by atoms with Gasteiger partial charge in [-0.3, -0.25) is 9.48 Å². The zero-order valence-electron chi connectivity index (χ0n) is 19.1. The van der Waals surface area contributed by atoms with Crippen molar-refractivity contribution in [3.05, 3.63) is 71.7 Å². The van der Waals surface area contributed by atoms with E-state index in [9.17, 15) is 4.79 Å². The molecule has 2 unspecified atom stereocenters. The lowest BCUT2D eigenvalue weighted by Crippen LogP contribution is -2.47. The summed E-state index contributed by atoms with van der Waals surface area (Å²) in [6.45, 7) is 4.32. The fourth-order valence-electron chi connectivity index (χ4n) is 5.30. The SMILES string of the molecule is CCC1Cc2c(nn(C)c2-c2ccccc2)C(CC)N1C(=O)c1cn(C)c2ncccc12. The molecule has 164 valence electrons. The van der Waals surface area contributed by atoms with Gasteiger partial charge in [-0.25, -0.2) is 4.98 Å². The maximum Gasteiger partial charge on any atom is 0.256 e. The second-order valence-electron chi connectivity index (χ2n) is 8.63. The van der Waals surface area contributed by atoms with Gasteiger partial charge in [-0.2, -0.15) is 5.10 Å². The molecule has 1 aromatic carbocycles. The highest BCUT2D eigenvalue weighted by atomic mass is 16.2. The molecule has 6 heteroatoms. The van der Waals surface area contributed by atoms with E-state index in [0.29, 0.717) is 0 Å². The number of rotatable bonds is 4. The molecule has 1 aliphatic rings. The Morgan fingerprint density at radius 1 is 1.06 bits per heavy atom. The van der Waals surface area contributed by atoms with Crippen molar-refractivity contribution in [3.8, 4) is 11.3 Å². The molecular weight excluding hydrogens is 398 g/mol. The summed E-state index contributed by atoms with van der Waals surface area (Å²) in [5.74, 6) is 0.0693. The molecule has 0 radical (unpaired) electrons. The van der Waals surface area contributed by atoms with Crippen LogP contribution in [0.5, 0.6) is 0 Å². The van der Waals surface area contributed by atoms with Gasteiger partial charge >= 0.3 is 0 Å². The first kappa shape index (κ1) is 20.5. The summed E-state index contributed by atoms with van der Waals surface area (Å²) in [5, 5.41) is 5.85. The molecule has 6 nitrogen and oxygen atoms in total. The van der Waals surface area contributed by atoms with Gasteiger partial charge in [-0.15, -0.1) is 0 Å². The molecule has 0 N–H and O–H groups in total. The van der Waals surface area contributed by atoms with Crippen LogP contribution in [0.1, 0.15) is 54.3 Å². The molecule has 2 atom stereocenters. The third kappa shape index (κ3) is 3.05. The van der Waals surface area contributed by atoms with Crippen LogP contribution in [0.15, 0.2) is 54.9 Å². The van der Waals surface area contributed by atoms with E-state index in [1.165, 1.54) is 16.8 Å². The highest BCUT2D eigenvalue weighted by Gasteiger charge is 2.40. The van der Waals surface area contributed by atoms with E-state index >= 15 is 0 Å². The molecule has 32 heavy (non-hydrogen) atoms. The van der Waals surface area contributed by atoms with Gasteiger partial charge in [0.1, 0.15) is 5.65 Å². The molecular formula is C26H29N5O. The van der Waals surface area contributed by atoms with Gasteiger partial charge in [0.05, 0.1) is 23.0 Å². The van der Waals surface area contributed by atoms with E-state index in [0.717, 1.165) is 41.6 Å². The summed E-state index contributed by atoms with van der Waals surface area (Å²) < 4.78 is 3.93. The lowest BCUT2D eigenvalue weighted by Gasteiger charge is -2.41. The first-order valence-electron chi connectivity index (χ1n) is 11.4. The van der Waals surface area contributed by atoms with Crippen LogP contribution >= 0.6 is 0 Å². The molecule has 0 saturated carbocycles. The van der Waals surface area contributed by atoms with Crippen LogP contribution in [0.4, 0.5) is 0 Å². The highest BCUT2D eigenvalue weighted by molar-refractivity contribution is 6.06. The maximum absolute atomic E-state index is 14.0. The van der Waals surface area contributed by atoms with Gasteiger partial charge < -0.3 is 9.47 Å². The smallest absolute Gasteiger partial charge is 0.256 e. The van der Waals surface area contributed by atoms with Gasteiger partial charge in [0, 0.05) is 49.0 Å². The molecule has 0 spiro atoms. The van der Waals surface area contributed by atoms with E-state index in [4.69, 9.17) is 5.10 Å². The minimum absolute atomic E-state index is 0.0493. The predicted octanol–water partition coefficient (Wildman–Crippen LogP) is 4.90. The van der Waals surface area contributed by atoms with Crippen molar-refractivity contribution in [2.24, 2.45) is 14.1 Å². The molecule has 3 aromatic heterocycles. The van der Waals surface area contributed by atoms with Crippen molar-refractivity contribution >= 4 is 16.9 Å². The number of benzene rings is 1. The Hall–Kier alpha value is -3.41. The lowest BCUT2D eigenvalue weighted by molar-refractivity contribution is 0.0515. The van der Waals surface area contributed by atoms with Gasteiger partial charge in [0.25, 0.3) is 5.91 Å². The molecule has 0 fully saturated rings. The normalized spacial score (nSPS) is 18.2. The molecule has 4 aromatic rings. The maximum atomic E-state index is 14.0. The van der Waals surface area contributed by atoms with E-state index in [1.807, 2.05) is 47.7 Å². The Morgan fingerprint density at radius 3 is 2.56 bits per heavy atom. The minimum Gasteiger partial charge on any atom is -0.335 e. The second-order valence-corrected chi connectivity index (χ2v) is 8.63. The van der Waals surface area contributed by atoms with E-state index in [2.05, 4.69) is 48.0 Å². The van der Waals surface area contributed by atoms with Crippen LogP contribution in [0, 0.1) is 0 Å². The van der Waals surface area contributed by atoms with Crippen LogP contribution in [-0.2, 0) is 20.5 Å². The molecule has 5 rings (SSSR count). The predicted molar refractivity (Wildman–Crippen MR) is 126 cm³/mol. The van der Waals surface area contributed by atoms with Gasteiger partial charge in [-0.05, 0) is 31.4 Å². The molecule has 1 aliphatic heterocycles. The van der Waals surface area contributed by atoms with Crippen molar-refractivity contribution in [1.29, 1.82) is 0 Å². The summed E-state index contributed by atoms with van der Waals surface area (Å²) in [4.78, 5) is 20.5. The zero-order chi connectivity index (χ0) is 22.4. The lowest BCUT2D eigenvalue weighted by atomic mass is 9.87. The number of hydrogen-bond acceptors (Lipinski definition) is 3. The number of pyridine rings is 1. The zero-order valence-corrected chi connectivity index (χ0v) is 19.1. The molecule has 0 saturated heterocycles. The number of fused-ring (bicyclic) bond motifs is 2. The topological polar surface area (TPSA) is 56.0 Å². The van der Waals surface area contributed by atoms with Crippen molar-refractivity contribution < 1.29 is 4.79 Å². The van der Waals surface area contributed by atoms with Crippen LogP contribution in [0.25, 0.3) is 22.3 Å². The largest absolute Gasteiger partial charge is 0.335 e. The Labute approximate surface area is 188 Å². The number of aryl methyl sites for hydroxylation is 2. The summed E-state index contributed by atoms with van der Waals surface area (Å²) in [5.41, 5.74) is 6.20. The number of aromatic nitrogens is 4. The molecule has 1 amide bonds. The van der Waals surface area contributed by atoms with E-state index < -0.39 is 0 Å². The Kier molecular flexibility index (Phi) is 5.08. The quantitative estimate of drug-likeness (QED) is 0.465. The Morgan fingerprint density at radius 2 is 1.84 bits per heavy atom. The summed E-state index contributed by atoms with van der Waals surface area (Å²) in [7, 11) is 3.96. The first-order chi connectivity index (χ1) is 15.5. The minimum atomic E-state index is -0.0493. The van der Waals surface area contributed by atoms with Crippen LogP contribution in [0.3, 0.4) is 0 Å². The van der Waals surface area contributed by atoms with E-state index in [-0.39, 0.29) is 18.0 Å². The summed E-state index contributed by atoms with van der Waals surface area (Å²) >= 11 is 0. The van der Waals surface area contributed by atoms with Crippen LogP contribution in [-0.4, -0.2) is 36.2 Å². The van der Waals surface area contributed by atoms with Gasteiger partial charge in [-0.1, -0.05) is 44.2 Å². The van der Waals surface area contributed by atoms with E-state index in [1.54, 1.807) is 6.20 Å². The fraction of sp³-hybridized carbons (Fsp3) is 0.346. The average molecular weight is 428 g/mol. The van der Waals surface area contributed by atoms with Gasteiger partial charge in [0.2, 0.25) is 0 Å². The standard InChI is InChI=1S/C26H29N5O/c1-5-18-15-20-23(28-30(4)24(20)17-11-8-7-9-12-17)22(6-2)31(18)26(32)21-16-29(3)25-19(21)13-10-14-27-25/h7-14,16,18,22H,5-6,15H2,1-4H3. The summed E-state index contributed by atoms with van der Waals surface area (Å²) in [6, 6.07) is 14.4. The highest BCUT2D eigenvalue weighted by Crippen LogP contribution is 2.41. The number of nitrogens with zero attached hydrogens (tertiary/aromatic N) is 5. The molecule has 4 heterocycles. The Bertz CT molecular complexity index is 1290. The van der Waals surface area contributed by atoms with Crippen molar-refractivity contribution in [3.63, 3.8) is 0 Å². The monoisotopic (exact) mass is 427 g/mol. The fourth-order valence-corrected chi connectivity index (χ4v) is 5.30. The molecule has 0 aliphatic carbocycles. The van der Waals surface area contributed by atoms with Gasteiger partial charge in [0.15, 0.2) is 0 Å². The Balaban J connectivity index is 1.63. The number of amides is 1. The third-order valence-corrected chi connectivity index (χ3v) is 6.76. The number of hydrogen-bond donors (Lipinski definition) is 0. The van der Waals surface area contributed by atoms with Crippen LogP contribution in [0.2, 0.25) is 0 Å². The molecule has 0 bridgehead atoms.